The Morgan fingerprint density at radius 3 is 2.58 bits per heavy atom. The predicted octanol–water partition coefficient (Wildman–Crippen LogP) is 4.09. The molecule has 9 nitrogen and oxygen atoms in total. The maximum atomic E-state index is 9.96. The zero-order valence-corrected chi connectivity index (χ0v) is 21.3. The number of hydrogen-bond donors (Lipinski definition) is 3. The Bertz CT molecular complexity index is 1580. The Labute approximate surface area is 220 Å². The summed E-state index contributed by atoms with van der Waals surface area (Å²) in [6.07, 6.45) is 7.24. The van der Waals surface area contributed by atoms with Crippen molar-refractivity contribution in [2.75, 3.05) is 18.8 Å². The SMILES string of the molecule is Nc1ncnc2c1c(-c1ccc3[nH]c(Cc4ccccc4)nc3c1)nn2[C@H]1CC[C@@H](N2CCC(O)C2)CC1. The summed E-state index contributed by atoms with van der Waals surface area (Å²) in [7, 11) is 0. The number of benzene rings is 2. The van der Waals surface area contributed by atoms with Gasteiger partial charge in [0.15, 0.2) is 5.65 Å². The Morgan fingerprint density at radius 1 is 0.974 bits per heavy atom. The van der Waals surface area contributed by atoms with E-state index < -0.39 is 0 Å². The highest BCUT2D eigenvalue weighted by molar-refractivity contribution is 5.99. The van der Waals surface area contributed by atoms with Crippen LogP contribution in [0.4, 0.5) is 5.82 Å². The van der Waals surface area contributed by atoms with Gasteiger partial charge in [-0.15, -0.1) is 0 Å². The summed E-state index contributed by atoms with van der Waals surface area (Å²) in [5.41, 5.74) is 12.1. The first kappa shape index (κ1) is 23.3. The standard InChI is InChI=1S/C29H32N8O/c30-28-26-27(19-6-11-23-24(15-19)34-25(33-23)14-18-4-2-1-3-5-18)35-37(29(26)32-17-31-28)21-9-7-20(8-10-21)36-13-12-22(38)16-36/h1-6,11,15,17,20-22,38H,7-10,12-14,16H2,(H,33,34)(H2,30,31,32)/t20-,21+,22?. The third-order valence-corrected chi connectivity index (χ3v) is 8.26. The number of imidazole rings is 1. The van der Waals surface area contributed by atoms with Crippen LogP contribution in [0.5, 0.6) is 0 Å². The van der Waals surface area contributed by atoms with Crippen molar-refractivity contribution in [3.05, 3.63) is 66.2 Å². The van der Waals surface area contributed by atoms with Gasteiger partial charge < -0.3 is 15.8 Å². The minimum absolute atomic E-state index is 0.175. The lowest BCUT2D eigenvalue weighted by Gasteiger charge is -2.34. The fourth-order valence-corrected chi connectivity index (χ4v) is 6.30. The van der Waals surface area contributed by atoms with E-state index in [1.54, 1.807) is 0 Å². The molecule has 1 saturated heterocycles. The van der Waals surface area contributed by atoms with Gasteiger partial charge in [-0.3, -0.25) is 4.90 Å². The molecule has 0 amide bonds. The van der Waals surface area contributed by atoms with Crippen molar-refractivity contribution in [3.8, 4) is 11.3 Å². The van der Waals surface area contributed by atoms with E-state index in [2.05, 4.69) is 54.9 Å². The maximum Gasteiger partial charge on any atom is 0.164 e. The monoisotopic (exact) mass is 508 g/mol. The number of β-amino-alcohol motifs (C(OH)–C–C–N with tert-alkyl or cyclic N) is 1. The van der Waals surface area contributed by atoms with Crippen LogP contribution >= 0.6 is 0 Å². The summed E-state index contributed by atoms with van der Waals surface area (Å²) >= 11 is 0. The number of fused-ring (bicyclic) bond motifs is 2. The second kappa shape index (κ2) is 9.49. The third-order valence-electron chi connectivity index (χ3n) is 8.26. The van der Waals surface area contributed by atoms with Crippen LogP contribution in [0.1, 0.15) is 49.5 Å². The topological polar surface area (TPSA) is 122 Å². The zero-order valence-electron chi connectivity index (χ0n) is 21.3. The Hall–Kier alpha value is -3.82. The Kier molecular flexibility index (Phi) is 5.82. The lowest BCUT2D eigenvalue weighted by Crippen LogP contribution is -2.37. The summed E-state index contributed by atoms with van der Waals surface area (Å²) in [6, 6.07) is 17.4. The molecule has 0 spiro atoms. The highest BCUT2D eigenvalue weighted by Crippen LogP contribution is 2.38. The molecule has 9 heteroatoms. The number of likely N-dealkylation sites (tertiary alicyclic amines) is 1. The Morgan fingerprint density at radius 2 is 1.79 bits per heavy atom. The number of nitrogens with zero attached hydrogens (tertiary/aromatic N) is 6. The molecule has 1 unspecified atom stereocenters. The average molecular weight is 509 g/mol. The number of aliphatic hydroxyl groups is 1. The van der Waals surface area contributed by atoms with E-state index in [1.807, 2.05) is 18.2 Å². The highest BCUT2D eigenvalue weighted by atomic mass is 16.3. The normalized spacial score (nSPS) is 22.5. The highest BCUT2D eigenvalue weighted by Gasteiger charge is 2.32. The van der Waals surface area contributed by atoms with Gasteiger partial charge in [0.05, 0.1) is 28.6 Å². The molecule has 194 valence electrons. The fraction of sp³-hybridized carbons (Fsp3) is 0.379. The molecule has 0 radical (unpaired) electrons. The zero-order chi connectivity index (χ0) is 25.6. The minimum Gasteiger partial charge on any atom is -0.392 e. The molecule has 2 aromatic carbocycles. The van der Waals surface area contributed by atoms with Crippen LogP contribution in [0.15, 0.2) is 54.9 Å². The number of aromatic amines is 1. The molecule has 2 fully saturated rings. The molecule has 3 aromatic heterocycles. The van der Waals surface area contributed by atoms with Crippen molar-refractivity contribution in [1.82, 2.24) is 34.6 Å². The Balaban J connectivity index is 1.20. The van der Waals surface area contributed by atoms with E-state index in [-0.39, 0.29) is 12.1 Å². The van der Waals surface area contributed by atoms with Crippen LogP contribution in [0.2, 0.25) is 0 Å². The number of nitrogens with two attached hydrogens (primary N) is 1. The van der Waals surface area contributed by atoms with E-state index in [1.165, 1.54) is 11.9 Å². The fourth-order valence-electron chi connectivity index (χ4n) is 6.30. The van der Waals surface area contributed by atoms with E-state index in [4.69, 9.17) is 15.8 Å². The lowest BCUT2D eigenvalue weighted by molar-refractivity contribution is 0.130. The van der Waals surface area contributed by atoms with Gasteiger partial charge in [-0.2, -0.15) is 5.10 Å². The van der Waals surface area contributed by atoms with Gasteiger partial charge in [0, 0.05) is 31.1 Å². The number of aliphatic hydroxyl groups excluding tert-OH is 1. The molecular weight excluding hydrogens is 476 g/mol. The number of H-pyrrole nitrogens is 1. The second-order valence-electron chi connectivity index (χ2n) is 10.7. The van der Waals surface area contributed by atoms with Crippen molar-refractivity contribution in [2.24, 2.45) is 0 Å². The van der Waals surface area contributed by atoms with Crippen molar-refractivity contribution in [3.63, 3.8) is 0 Å². The molecule has 1 saturated carbocycles. The minimum atomic E-state index is -0.175. The van der Waals surface area contributed by atoms with E-state index in [0.717, 1.165) is 90.8 Å². The van der Waals surface area contributed by atoms with Crippen molar-refractivity contribution in [1.29, 1.82) is 0 Å². The molecule has 1 atom stereocenters. The average Bonchev–Trinajstić information content (AvgIpc) is 3.66. The van der Waals surface area contributed by atoms with Crippen molar-refractivity contribution in [2.45, 2.75) is 56.7 Å². The van der Waals surface area contributed by atoms with Crippen LogP contribution < -0.4 is 5.73 Å². The number of hydrogen-bond acceptors (Lipinski definition) is 7. The van der Waals surface area contributed by atoms with Gasteiger partial charge in [0.2, 0.25) is 0 Å². The van der Waals surface area contributed by atoms with E-state index in [0.29, 0.717) is 11.9 Å². The predicted molar refractivity (Wildman–Crippen MR) is 148 cm³/mol. The quantitative estimate of drug-likeness (QED) is 0.327. The van der Waals surface area contributed by atoms with Crippen LogP contribution in [0.25, 0.3) is 33.3 Å². The summed E-state index contributed by atoms with van der Waals surface area (Å²) in [5.74, 6) is 1.38. The molecule has 0 bridgehead atoms. The molecule has 2 aliphatic rings. The molecule has 38 heavy (non-hydrogen) atoms. The first-order valence-corrected chi connectivity index (χ1v) is 13.6. The van der Waals surface area contributed by atoms with Gasteiger partial charge in [-0.1, -0.05) is 36.4 Å². The smallest absolute Gasteiger partial charge is 0.164 e. The van der Waals surface area contributed by atoms with Gasteiger partial charge in [-0.05, 0) is 49.8 Å². The van der Waals surface area contributed by atoms with E-state index in [9.17, 15) is 5.11 Å². The number of nitrogen functional groups attached to an aromatic ring is 1. The second-order valence-corrected chi connectivity index (χ2v) is 10.7. The molecule has 1 aliphatic carbocycles. The largest absolute Gasteiger partial charge is 0.392 e. The van der Waals surface area contributed by atoms with Gasteiger partial charge in [0.1, 0.15) is 23.7 Å². The number of rotatable bonds is 5. The van der Waals surface area contributed by atoms with Crippen molar-refractivity contribution < 1.29 is 5.11 Å². The summed E-state index contributed by atoms with van der Waals surface area (Å²) in [5, 5.41) is 15.9. The van der Waals surface area contributed by atoms with Crippen LogP contribution in [-0.2, 0) is 6.42 Å². The van der Waals surface area contributed by atoms with Gasteiger partial charge in [0.25, 0.3) is 0 Å². The molecular formula is C29H32N8O. The van der Waals surface area contributed by atoms with Gasteiger partial charge in [-0.25, -0.2) is 19.6 Å². The molecule has 1 aliphatic heterocycles. The number of anilines is 1. The van der Waals surface area contributed by atoms with E-state index >= 15 is 0 Å². The molecule has 7 rings (SSSR count). The maximum absolute atomic E-state index is 9.96. The first-order chi connectivity index (χ1) is 18.6. The van der Waals surface area contributed by atoms with Crippen LogP contribution in [0.3, 0.4) is 0 Å². The molecule has 4 heterocycles. The lowest BCUT2D eigenvalue weighted by atomic mass is 9.90. The number of nitrogens with one attached hydrogen (secondary N) is 1. The van der Waals surface area contributed by atoms with Crippen molar-refractivity contribution >= 4 is 27.9 Å². The third kappa shape index (κ3) is 4.21. The molecule has 4 N–H and O–H groups in total. The number of aromatic nitrogens is 6. The van der Waals surface area contributed by atoms with Crippen LogP contribution in [-0.4, -0.2) is 65.0 Å². The molecule has 5 aromatic rings. The van der Waals surface area contributed by atoms with Crippen LogP contribution in [0, 0.1) is 0 Å². The summed E-state index contributed by atoms with van der Waals surface area (Å²) in [4.78, 5) is 19.7. The summed E-state index contributed by atoms with van der Waals surface area (Å²) < 4.78 is 2.08. The first-order valence-electron chi connectivity index (χ1n) is 13.6. The summed E-state index contributed by atoms with van der Waals surface area (Å²) in [6.45, 7) is 1.80. The van der Waals surface area contributed by atoms with Gasteiger partial charge >= 0.3 is 0 Å².